The Morgan fingerprint density at radius 1 is 1.35 bits per heavy atom. The van der Waals surface area contributed by atoms with Crippen LogP contribution in [0.1, 0.15) is 25.3 Å². The highest BCUT2D eigenvalue weighted by molar-refractivity contribution is 5.46. The molecule has 1 aromatic carbocycles. The van der Waals surface area contributed by atoms with E-state index in [4.69, 9.17) is 5.73 Å². The number of rotatable bonds is 3. The number of likely N-dealkylation sites (tertiary alicyclic amines) is 1. The molecule has 2 rings (SSSR count). The van der Waals surface area contributed by atoms with Gasteiger partial charge < -0.3 is 10.6 Å². The Morgan fingerprint density at radius 3 is 2.76 bits per heavy atom. The molecule has 0 aromatic heterocycles. The zero-order valence-electron chi connectivity index (χ0n) is 10.5. The van der Waals surface area contributed by atoms with Gasteiger partial charge in [-0.05, 0) is 62.0 Å². The summed E-state index contributed by atoms with van der Waals surface area (Å²) in [5.74, 6) is 0.659. The summed E-state index contributed by atoms with van der Waals surface area (Å²) in [7, 11) is 0. The van der Waals surface area contributed by atoms with Crippen LogP contribution in [0.15, 0.2) is 18.2 Å². The van der Waals surface area contributed by atoms with E-state index in [9.17, 15) is 4.39 Å². The third kappa shape index (κ3) is 3.43. The summed E-state index contributed by atoms with van der Waals surface area (Å²) >= 11 is 0. The molecule has 0 radical (unpaired) electrons. The van der Waals surface area contributed by atoms with Crippen LogP contribution in [0.4, 0.5) is 10.1 Å². The molecule has 1 aliphatic heterocycles. The van der Waals surface area contributed by atoms with Crippen molar-refractivity contribution in [3.8, 4) is 0 Å². The molecule has 1 saturated heterocycles. The minimum Gasteiger partial charge on any atom is -0.399 e. The Balaban J connectivity index is 1.87. The van der Waals surface area contributed by atoms with Crippen molar-refractivity contribution < 1.29 is 4.39 Å². The van der Waals surface area contributed by atoms with Gasteiger partial charge in [-0.15, -0.1) is 0 Å². The smallest absolute Gasteiger partial charge is 0.123 e. The molecule has 1 aliphatic rings. The summed E-state index contributed by atoms with van der Waals surface area (Å²) in [5, 5.41) is 0. The fourth-order valence-electron chi connectivity index (χ4n) is 2.36. The van der Waals surface area contributed by atoms with Crippen molar-refractivity contribution in [1.29, 1.82) is 0 Å². The third-order valence-corrected chi connectivity index (χ3v) is 3.68. The SMILES string of the molecule is CC1CCN(CCc2cc(F)ccc2N)CC1. The molecule has 94 valence electrons. The predicted molar refractivity (Wildman–Crippen MR) is 69.4 cm³/mol. The lowest BCUT2D eigenvalue weighted by molar-refractivity contribution is 0.194. The molecule has 3 heteroatoms. The van der Waals surface area contributed by atoms with E-state index in [0.29, 0.717) is 5.69 Å². The first-order chi connectivity index (χ1) is 8.15. The molecule has 0 unspecified atom stereocenters. The fraction of sp³-hybridized carbons (Fsp3) is 0.571. The van der Waals surface area contributed by atoms with Gasteiger partial charge in [0.15, 0.2) is 0 Å². The van der Waals surface area contributed by atoms with Crippen molar-refractivity contribution in [2.45, 2.75) is 26.2 Å². The first-order valence-corrected chi connectivity index (χ1v) is 6.41. The van der Waals surface area contributed by atoms with E-state index in [2.05, 4.69) is 11.8 Å². The third-order valence-electron chi connectivity index (χ3n) is 3.68. The Morgan fingerprint density at radius 2 is 2.06 bits per heavy atom. The Kier molecular flexibility index (Phi) is 4.00. The first kappa shape index (κ1) is 12.4. The maximum Gasteiger partial charge on any atom is 0.123 e. The standard InChI is InChI=1S/C14H21FN2/c1-11-4-7-17(8-5-11)9-6-12-10-13(15)2-3-14(12)16/h2-3,10-11H,4-9,16H2,1H3. The van der Waals surface area contributed by atoms with Gasteiger partial charge in [0, 0.05) is 12.2 Å². The zero-order valence-corrected chi connectivity index (χ0v) is 10.5. The second-order valence-electron chi connectivity index (χ2n) is 5.12. The monoisotopic (exact) mass is 236 g/mol. The van der Waals surface area contributed by atoms with E-state index in [1.54, 1.807) is 12.1 Å². The lowest BCUT2D eigenvalue weighted by Gasteiger charge is -2.30. The van der Waals surface area contributed by atoms with Gasteiger partial charge in [-0.1, -0.05) is 6.92 Å². The predicted octanol–water partition coefficient (Wildman–Crippen LogP) is 2.68. The topological polar surface area (TPSA) is 29.3 Å². The van der Waals surface area contributed by atoms with Gasteiger partial charge in [-0.25, -0.2) is 4.39 Å². The van der Waals surface area contributed by atoms with Gasteiger partial charge in [0.05, 0.1) is 0 Å². The van der Waals surface area contributed by atoms with E-state index in [1.165, 1.54) is 18.9 Å². The minimum absolute atomic E-state index is 0.193. The van der Waals surface area contributed by atoms with Crippen LogP contribution < -0.4 is 5.73 Å². The van der Waals surface area contributed by atoms with Gasteiger partial charge in [0.1, 0.15) is 5.82 Å². The normalized spacial score (nSPS) is 18.5. The Labute approximate surface area is 103 Å². The molecule has 1 heterocycles. The van der Waals surface area contributed by atoms with Crippen molar-refractivity contribution in [1.82, 2.24) is 4.90 Å². The zero-order chi connectivity index (χ0) is 12.3. The highest BCUT2D eigenvalue weighted by Crippen LogP contribution is 2.18. The van der Waals surface area contributed by atoms with Crippen molar-refractivity contribution in [3.63, 3.8) is 0 Å². The van der Waals surface area contributed by atoms with Gasteiger partial charge >= 0.3 is 0 Å². The number of nitrogens with two attached hydrogens (primary N) is 1. The van der Waals surface area contributed by atoms with Gasteiger partial charge in [0.25, 0.3) is 0 Å². The van der Waals surface area contributed by atoms with Crippen molar-refractivity contribution >= 4 is 5.69 Å². The number of anilines is 1. The van der Waals surface area contributed by atoms with Gasteiger partial charge in [-0.3, -0.25) is 0 Å². The van der Waals surface area contributed by atoms with E-state index in [0.717, 1.165) is 37.5 Å². The summed E-state index contributed by atoms with van der Waals surface area (Å²) in [4.78, 5) is 2.45. The lowest BCUT2D eigenvalue weighted by Crippen LogP contribution is -2.34. The second-order valence-corrected chi connectivity index (χ2v) is 5.12. The molecule has 0 atom stereocenters. The minimum atomic E-state index is -0.193. The van der Waals surface area contributed by atoms with Crippen molar-refractivity contribution in [2.24, 2.45) is 5.92 Å². The number of hydrogen-bond acceptors (Lipinski definition) is 2. The van der Waals surface area contributed by atoms with Crippen LogP contribution in [0.25, 0.3) is 0 Å². The van der Waals surface area contributed by atoms with Gasteiger partial charge in [0.2, 0.25) is 0 Å². The molecule has 0 saturated carbocycles. The number of benzene rings is 1. The van der Waals surface area contributed by atoms with E-state index in [-0.39, 0.29) is 5.82 Å². The number of nitrogens with zero attached hydrogens (tertiary/aromatic N) is 1. The molecular formula is C14H21FN2. The van der Waals surface area contributed by atoms with E-state index >= 15 is 0 Å². The molecule has 0 bridgehead atoms. The van der Waals surface area contributed by atoms with E-state index in [1.807, 2.05) is 0 Å². The molecule has 0 amide bonds. The summed E-state index contributed by atoms with van der Waals surface area (Å²) in [5.41, 5.74) is 7.48. The first-order valence-electron chi connectivity index (χ1n) is 6.41. The maximum absolute atomic E-state index is 13.1. The Hall–Kier alpha value is -1.09. The highest BCUT2D eigenvalue weighted by atomic mass is 19.1. The van der Waals surface area contributed by atoms with Crippen molar-refractivity contribution in [3.05, 3.63) is 29.6 Å². The molecule has 0 aliphatic carbocycles. The Bertz CT molecular complexity index is 370. The largest absolute Gasteiger partial charge is 0.399 e. The van der Waals surface area contributed by atoms with Gasteiger partial charge in [-0.2, -0.15) is 0 Å². The second kappa shape index (κ2) is 5.50. The van der Waals surface area contributed by atoms with Crippen LogP contribution in [0, 0.1) is 11.7 Å². The molecule has 1 aromatic rings. The van der Waals surface area contributed by atoms with E-state index < -0.39 is 0 Å². The number of piperidine rings is 1. The molecule has 0 spiro atoms. The lowest BCUT2D eigenvalue weighted by atomic mass is 9.99. The summed E-state index contributed by atoms with van der Waals surface area (Å²) in [6.45, 7) is 5.62. The van der Waals surface area contributed by atoms with Crippen LogP contribution in [-0.2, 0) is 6.42 Å². The van der Waals surface area contributed by atoms with Crippen LogP contribution >= 0.6 is 0 Å². The molecule has 2 N–H and O–H groups in total. The summed E-state index contributed by atoms with van der Waals surface area (Å²) in [6.07, 6.45) is 3.40. The van der Waals surface area contributed by atoms with Crippen LogP contribution in [-0.4, -0.2) is 24.5 Å². The molecular weight excluding hydrogens is 215 g/mol. The van der Waals surface area contributed by atoms with Crippen LogP contribution in [0.5, 0.6) is 0 Å². The van der Waals surface area contributed by atoms with Crippen LogP contribution in [0.2, 0.25) is 0 Å². The highest BCUT2D eigenvalue weighted by Gasteiger charge is 2.15. The summed E-state index contributed by atoms with van der Waals surface area (Å²) < 4.78 is 13.1. The summed E-state index contributed by atoms with van der Waals surface area (Å²) in [6, 6.07) is 4.63. The molecule has 2 nitrogen and oxygen atoms in total. The fourth-order valence-corrected chi connectivity index (χ4v) is 2.36. The quantitative estimate of drug-likeness (QED) is 0.818. The number of halogens is 1. The average molecular weight is 236 g/mol. The molecule has 1 fully saturated rings. The average Bonchev–Trinajstić information content (AvgIpc) is 2.32. The number of nitrogen functional groups attached to an aromatic ring is 1. The maximum atomic E-state index is 13.1. The molecule has 17 heavy (non-hydrogen) atoms. The number of hydrogen-bond donors (Lipinski definition) is 1. The van der Waals surface area contributed by atoms with Crippen molar-refractivity contribution in [2.75, 3.05) is 25.4 Å². The van der Waals surface area contributed by atoms with Crippen LogP contribution in [0.3, 0.4) is 0 Å².